The Balaban J connectivity index is 1.07. The molecule has 5 rings (SSSR count). The summed E-state index contributed by atoms with van der Waals surface area (Å²) in [6, 6.07) is 31.5. The standard InChI is InChI=1S/C33H32N4O4/c1-40-31-10-6-5-9-30(31)37-21-19-36(20-22-37)24-26-11-15-27(16-12-26)32(38)35-34-23-25-13-17-29(18-14-25)41-33(39)28-7-3-2-4-8-28/h2-18,23H,19-22,24H2,1H3,(H,35,38)/p+1/b34-23-. The third-order valence-electron chi connectivity index (χ3n) is 7.05. The van der Waals surface area contributed by atoms with Crippen LogP contribution < -0.4 is 24.7 Å². The smallest absolute Gasteiger partial charge is 0.343 e. The molecule has 8 nitrogen and oxygen atoms in total. The maximum atomic E-state index is 12.6. The molecule has 0 aliphatic carbocycles. The number of methoxy groups -OCH3 is 1. The number of ether oxygens (including phenoxy) is 2. The fourth-order valence-corrected chi connectivity index (χ4v) is 4.79. The number of amides is 1. The van der Waals surface area contributed by atoms with Gasteiger partial charge in [-0.05, 0) is 66.2 Å². The highest BCUT2D eigenvalue weighted by atomic mass is 16.5. The van der Waals surface area contributed by atoms with Gasteiger partial charge in [0.1, 0.15) is 18.0 Å². The SMILES string of the molecule is COc1ccccc1N1CC[NH+](Cc2ccc(C(=O)N/N=C\c3ccc(OC(=O)c4ccccc4)cc3)cc2)CC1. The van der Waals surface area contributed by atoms with Gasteiger partial charge in [-0.2, -0.15) is 5.10 Å². The van der Waals surface area contributed by atoms with Crippen molar-refractivity contribution >= 4 is 23.8 Å². The fourth-order valence-electron chi connectivity index (χ4n) is 4.79. The number of carbonyl (C=O) groups is 2. The van der Waals surface area contributed by atoms with E-state index >= 15 is 0 Å². The Morgan fingerprint density at radius 2 is 1.54 bits per heavy atom. The van der Waals surface area contributed by atoms with E-state index in [0.29, 0.717) is 16.9 Å². The highest BCUT2D eigenvalue weighted by Gasteiger charge is 2.22. The van der Waals surface area contributed by atoms with E-state index in [2.05, 4.69) is 21.5 Å². The van der Waals surface area contributed by atoms with Crippen LogP contribution in [0, 0.1) is 0 Å². The minimum absolute atomic E-state index is 0.279. The van der Waals surface area contributed by atoms with Gasteiger partial charge in [-0.15, -0.1) is 0 Å². The summed E-state index contributed by atoms with van der Waals surface area (Å²) in [5.41, 5.74) is 6.70. The molecule has 0 unspecified atom stereocenters. The molecule has 0 aromatic heterocycles. The third kappa shape index (κ3) is 7.38. The Kier molecular flexibility index (Phi) is 9.03. The van der Waals surface area contributed by atoms with Crippen molar-refractivity contribution in [1.82, 2.24) is 5.43 Å². The average molecular weight is 550 g/mol. The first-order valence-corrected chi connectivity index (χ1v) is 13.6. The normalized spacial score (nSPS) is 13.6. The number of quaternary nitrogens is 1. The first-order valence-electron chi connectivity index (χ1n) is 13.6. The highest BCUT2D eigenvalue weighted by Crippen LogP contribution is 2.27. The number of hydrazone groups is 1. The van der Waals surface area contributed by atoms with Crippen LogP contribution in [0.25, 0.3) is 0 Å². The molecule has 2 N–H and O–H groups in total. The minimum Gasteiger partial charge on any atom is -0.495 e. The first-order chi connectivity index (χ1) is 20.1. The zero-order valence-electron chi connectivity index (χ0n) is 23.0. The molecule has 1 fully saturated rings. The lowest BCUT2D eigenvalue weighted by atomic mass is 10.1. The predicted octanol–water partition coefficient (Wildman–Crippen LogP) is 3.58. The molecule has 4 aromatic carbocycles. The molecular weight excluding hydrogens is 516 g/mol. The molecule has 1 heterocycles. The van der Waals surface area contributed by atoms with E-state index in [9.17, 15) is 9.59 Å². The van der Waals surface area contributed by atoms with E-state index in [4.69, 9.17) is 9.47 Å². The van der Waals surface area contributed by atoms with Crippen LogP contribution in [0.4, 0.5) is 5.69 Å². The van der Waals surface area contributed by atoms with E-state index in [0.717, 1.165) is 49.7 Å². The van der Waals surface area contributed by atoms with Crippen LogP contribution in [0.2, 0.25) is 0 Å². The number of hydrogen-bond donors (Lipinski definition) is 2. The van der Waals surface area contributed by atoms with Crippen molar-refractivity contribution in [2.75, 3.05) is 38.2 Å². The van der Waals surface area contributed by atoms with Gasteiger partial charge in [-0.3, -0.25) is 4.79 Å². The molecule has 1 aliphatic rings. The largest absolute Gasteiger partial charge is 0.495 e. The van der Waals surface area contributed by atoms with Crippen molar-refractivity contribution in [3.63, 3.8) is 0 Å². The van der Waals surface area contributed by atoms with Gasteiger partial charge >= 0.3 is 5.97 Å². The van der Waals surface area contributed by atoms with Crippen LogP contribution in [-0.2, 0) is 6.54 Å². The maximum absolute atomic E-state index is 12.6. The molecule has 1 amide bonds. The van der Waals surface area contributed by atoms with Gasteiger partial charge in [0, 0.05) is 11.1 Å². The number of hydrogen-bond acceptors (Lipinski definition) is 6. The number of esters is 1. The molecule has 0 bridgehead atoms. The minimum atomic E-state index is -0.418. The lowest BCUT2D eigenvalue weighted by molar-refractivity contribution is -0.914. The summed E-state index contributed by atoms with van der Waals surface area (Å²) in [6.07, 6.45) is 1.54. The molecule has 0 atom stereocenters. The van der Waals surface area contributed by atoms with Crippen molar-refractivity contribution in [3.05, 3.63) is 125 Å². The molecular formula is C33H33N4O4+. The van der Waals surface area contributed by atoms with Crippen molar-refractivity contribution in [3.8, 4) is 11.5 Å². The molecule has 41 heavy (non-hydrogen) atoms. The molecule has 0 saturated carbocycles. The monoisotopic (exact) mass is 549 g/mol. The number of benzene rings is 4. The topological polar surface area (TPSA) is 84.7 Å². The lowest BCUT2D eigenvalue weighted by Gasteiger charge is -2.34. The summed E-state index contributed by atoms with van der Waals surface area (Å²) < 4.78 is 10.9. The summed E-state index contributed by atoms with van der Waals surface area (Å²) in [6.45, 7) is 4.92. The van der Waals surface area contributed by atoms with Gasteiger partial charge in [0.2, 0.25) is 0 Å². The van der Waals surface area contributed by atoms with Crippen LogP contribution in [0.3, 0.4) is 0 Å². The van der Waals surface area contributed by atoms with Gasteiger partial charge in [-0.1, -0.05) is 42.5 Å². The van der Waals surface area contributed by atoms with Crippen LogP contribution in [0.1, 0.15) is 31.8 Å². The summed E-state index contributed by atoms with van der Waals surface area (Å²) in [7, 11) is 1.71. The number of nitrogens with one attached hydrogen (secondary N) is 2. The highest BCUT2D eigenvalue weighted by molar-refractivity contribution is 5.95. The molecule has 0 spiro atoms. The van der Waals surface area contributed by atoms with E-state index in [1.165, 1.54) is 10.5 Å². The molecule has 1 aliphatic heterocycles. The number of piperazine rings is 1. The fraction of sp³-hybridized carbons (Fsp3) is 0.182. The van der Waals surface area contributed by atoms with Crippen LogP contribution in [0.15, 0.2) is 108 Å². The summed E-state index contributed by atoms with van der Waals surface area (Å²) in [5, 5.41) is 4.07. The number of para-hydroxylation sites is 2. The number of anilines is 1. The predicted molar refractivity (Wildman–Crippen MR) is 159 cm³/mol. The van der Waals surface area contributed by atoms with Crippen molar-refractivity contribution < 1.29 is 24.0 Å². The van der Waals surface area contributed by atoms with Crippen LogP contribution in [0.5, 0.6) is 11.5 Å². The third-order valence-corrected chi connectivity index (χ3v) is 7.05. The van der Waals surface area contributed by atoms with E-state index in [1.54, 1.807) is 61.9 Å². The quantitative estimate of drug-likeness (QED) is 0.144. The van der Waals surface area contributed by atoms with Gasteiger partial charge < -0.3 is 19.3 Å². The molecule has 1 saturated heterocycles. The Labute approximate surface area is 239 Å². The Hall–Kier alpha value is -4.95. The Bertz CT molecular complexity index is 1480. The van der Waals surface area contributed by atoms with Gasteiger partial charge in [0.25, 0.3) is 5.91 Å². The first kappa shape index (κ1) is 27.6. The second-order valence-corrected chi connectivity index (χ2v) is 9.81. The van der Waals surface area contributed by atoms with E-state index in [-0.39, 0.29) is 5.91 Å². The summed E-state index contributed by atoms with van der Waals surface area (Å²) >= 11 is 0. The molecule has 8 heteroatoms. The number of rotatable bonds is 9. The molecule has 4 aromatic rings. The van der Waals surface area contributed by atoms with Crippen LogP contribution in [-0.4, -0.2) is 51.4 Å². The zero-order valence-corrected chi connectivity index (χ0v) is 23.0. The van der Waals surface area contributed by atoms with E-state index in [1.807, 2.05) is 48.5 Å². The van der Waals surface area contributed by atoms with Crippen molar-refractivity contribution in [1.29, 1.82) is 0 Å². The molecule has 0 radical (unpaired) electrons. The maximum Gasteiger partial charge on any atom is 0.343 e. The van der Waals surface area contributed by atoms with Gasteiger partial charge in [-0.25, -0.2) is 10.2 Å². The summed E-state index contributed by atoms with van der Waals surface area (Å²) in [5.74, 6) is 0.645. The Morgan fingerprint density at radius 1 is 0.854 bits per heavy atom. The zero-order chi connectivity index (χ0) is 28.4. The van der Waals surface area contributed by atoms with Crippen molar-refractivity contribution in [2.24, 2.45) is 5.10 Å². The van der Waals surface area contributed by atoms with Crippen molar-refractivity contribution in [2.45, 2.75) is 6.54 Å². The average Bonchev–Trinajstić information content (AvgIpc) is 3.03. The number of nitrogens with zero attached hydrogens (tertiary/aromatic N) is 2. The second kappa shape index (κ2) is 13.4. The van der Waals surface area contributed by atoms with Gasteiger partial charge in [0.15, 0.2) is 0 Å². The molecule has 208 valence electrons. The van der Waals surface area contributed by atoms with Crippen LogP contribution >= 0.6 is 0 Å². The van der Waals surface area contributed by atoms with Gasteiger partial charge in [0.05, 0.1) is 50.8 Å². The lowest BCUT2D eigenvalue weighted by Crippen LogP contribution is -3.13. The second-order valence-electron chi connectivity index (χ2n) is 9.81. The van der Waals surface area contributed by atoms with E-state index < -0.39 is 5.97 Å². The number of carbonyl (C=O) groups excluding carboxylic acids is 2. The Morgan fingerprint density at radius 3 is 2.24 bits per heavy atom. The summed E-state index contributed by atoms with van der Waals surface area (Å²) in [4.78, 5) is 28.6.